The largest absolute Gasteiger partial charge is 0.465 e. The second-order valence-corrected chi connectivity index (χ2v) is 7.66. The van der Waals surface area contributed by atoms with Crippen molar-refractivity contribution in [1.29, 1.82) is 0 Å². The molecule has 9 heteroatoms. The molecule has 4 aromatic rings. The first-order valence-corrected chi connectivity index (χ1v) is 9.98. The van der Waals surface area contributed by atoms with E-state index in [2.05, 4.69) is 19.7 Å². The predicted molar refractivity (Wildman–Crippen MR) is 113 cm³/mol. The Bertz CT molecular complexity index is 1180. The molecule has 0 atom stereocenters. The Morgan fingerprint density at radius 1 is 1.14 bits per heavy atom. The average molecular weight is 415 g/mol. The van der Waals surface area contributed by atoms with Crippen molar-refractivity contribution < 1.29 is 9.53 Å². The number of hydrogen-bond donors (Lipinski definition) is 2. The first kappa shape index (κ1) is 19.7. The quantitative estimate of drug-likeness (QED) is 0.483. The Hall–Kier alpha value is -3.04. The van der Waals surface area contributed by atoms with Crippen molar-refractivity contribution >= 4 is 44.5 Å². The third-order valence-electron chi connectivity index (χ3n) is 3.95. The Morgan fingerprint density at radius 2 is 1.82 bits per heavy atom. The van der Waals surface area contributed by atoms with Gasteiger partial charge < -0.3 is 15.5 Å². The number of nitrogen functional groups attached to an aromatic ring is 1. The number of nitrogens with two attached hydrogens (primary N) is 1. The summed E-state index contributed by atoms with van der Waals surface area (Å²) in [7, 11) is 1.34. The van der Waals surface area contributed by atoms with Crippen molar-refractivity contribution in [1.82, 2.24) is 15.0 Å². The number of nitrogens with one attached hydrogen (secondary N) is 1. The molecule has 0 radical (unpaired) electrons. The number of pyridine rings is 1. The van der Waals surface area contributed by atoms with Gasteiger partial charge in [-0.15, -0.1) is 22.7 Å². The fourth-order valence-corrected chi connectivity index (χ4v) is 4.16. The van der Waals surface area contributed by atoms with E-state index >= 15 is 0 Å². The van der Waals surface area contributed by atoms with Gasteiger partial charge in [0.15, 0.2) is 0 Å². The second-order valence-electron chi connectivity index (χ2n) is 5.90. The molecule has 0 bridgehead atoms. The van der Waals surface area contributed by atoms with Gasteiger partial charge in [0.05, 0.1) is 18.3 Å². The fourth-order valence-electron chi connectivity index (χ4n) is 2.39. The average Bonchev–Trinajstić information content (AvgIpc) is 3.25. The van der Waals surface area contributed by atoms with Crippen LogP contribution in [0.5, 0.6) is 0 Å². The summed E-state index contributed by atoms with van der Waals surface area (Å²) in [6, 6.07) is 3.65. The number of H-pyrrole nitrogens is 1. The molecule has 28 heavy (non-hydrogen) atoms. The van der Waals surface area contributed by atoms with E-state index in [1.807, 2.05) is 36.7 Å². The Labute approximate surface area is 168 Å². The summed E-state index contributed by atoms with van der Waals surface area (Å²) in [6.45, 7) is 3.82. The summed E-state index contributed by atoms with van der Waals surface area (Å²) in [6.07, 6.45) is 3.36. The molecule has 0 aliphatic carbocycles. The van der Waals surface area contributed by atoms with Crippen molar-refractivity contribution in [2.45, 2.75) is 13.8 Å². The lowest BCUT2D eigenvalue weighted by atomic mass is 10.2. The molecule has 0 saturated heterocycles. The lowest BCUT2D eigenvalue weighted by molar-refractivity contribution is 0.0607. The van der Waals surface area contributed by atoms with Crippen molar-refractivity contribution in [3.63, 3.8) is 0 Å². The highest BCUT2D eigenvalue weighted by molar-refractivity contribution is 7.17. The Balaban J connectivity index is 0.000000178. The molecule has 0 spiro atoms. The summed E-state index contributed by atoms with van der Waals surface area (Å²) in [5, 5.41) is 3.78. The number of carbonyl (C=O) groups is 1. The van der Waals surface area contributed by atoms with Crippen LogP contribution in [0, 0.1) is 13.8 Å². The van der Waals surface area contributed by atoms with Crippen LogP contribution in [-0.4, -0.2) is 28.0 Å². The van der Waals surface area contributed by atoms with Gasteiger partial charge in [0.2, 0.25) is 0 Å². The highest BCUT2D eigenvalue weighted by Gasteiger charge is 2.13. The van der Waals surface area contributed by atoms with Crippen LogP contribution in [0.2, 0.25) is 0 Å². The fraction of sp³-hybridized carbons (Fsp3) is 0.158. The number of esters is 1. The predicted octanol–water partition coefficient (Wildman–Crippen LogP) is 3.78. The number of aromatic amines is 1. The Morgan fingerprint density at radius 3 is 2.43 bits per heavy atom. The zero-order chi connectivity index (χ0) is 20.3. The molecule has 144 valence electrons. The molecule has 0 saturated carbocycles. The number of methoxy groups -OCH3 is 1. The minimum absolute atomic E-state index is 0.0834. The van der Waals surface area contributed by atoms with Gasteiger partial charge in [-0.25, -0.2) is 9.78 Å². The lowest BCUT2D eigenvalue weighted by Gasteiger charge is -2.00. The normalized spacial score (nSPS) is 10.4. The molecule has 0 aliphatic heterocycles. The standard InChI is InChI=1S/C12H9N3OS.C7H9NO2S/c1-7-6-17-10-9(7)14-11(15-12(10)16)8-2-4-13-5-3-8;1-4-3-11-6(5(4)8)7(9)10-2/h2-6H,1H3,(H,14,15,16);3H,8H2,1-2H3. The van der Waals surface area contributed by atoms with Gasteiger partial charge in [0.25, 0.3) is 5.56 Å². The number of anilines is 1. The SMILES string of the molecule is COC(=O)c1scc(C)c1N.Cc1csc2c(=O)[nH]c(-c3ccncc3)nc12. The van der Waals surface area contributed by atoms with Crippen molar-refractivity contribution in [2.24, 2.45) is 0 Å². The zero-order valence-corrected chi connectivity index (χ0v) is 17.1. The maximum atomic E-state index is 11.9. The summed E-state index contributed by atoms with van der Waals surface area (Å²) in [4.78, 5) is 34.6. The van der Waals surface area contributed by atoms with Gasteiger partial charge in [0.1, 0.15) is 15.4 Å². The highest BCUT2D eigenvalue weighted by Crippen LogP contribution is 2.24. The number of hydrogen-bond acceptors (Lipinski definition) is 8. The molecule has 7 nitrogen and oxygen atoms in total. The van der Waals surface area contributed by atoms with E-state index in [1.54, 1.807) is 12.4 Å². The second kappa shape index (κ2) is 8.32. The number of rotatable bonds is 2. The topological polar surface area (TPSA) is 111 Å². The summed E-state index contributed by atoms with van der Waals surface area (Å²) in [5.41, 5.74) is 9.64. The van der Waals surface area contributed by atoms with Crippen LogP contribution in [0.3, 0.4) is 0 Å². The van der Waals surface area contributed by atoms with Crippen LogP contribution in [0.15, 0.2) is 40.1 Å². The van der Waals surface area contributed by atoms with Crippen LogP contribution >= 0.6 is 22.7 Å². The molecule has 0 aliphatic rings. The number of carbonyl (C=O) groups excluding carboxylic acids is 1. The Kier molecular flexibility index (Phi) is 5.86. The molecule has 4 heterocycles. The molecule has 0 aromatic carbocycles. The van der Waals surface area contributed by atoms with Crippen molar-refractivity contribution in [3.05, 3.63) is 61.6 Å². The van der Waals surface area contributed by atoms with Gasteiger partial charge in [-0.05, 0) is 47.9 Å². The number of nitrogens with zero attached hydrogens (tertiary/aromatic N) is 2. The first-order chi connectivity index (χ1) is 13.4. The molecule has 0 fully saturated rings. The molecular weight excluding hydrogens is 396 g/mol. The van der Waals surface area contributed by atoms with Gasteiger partial charge in [0, 0.05) is 18.0 Å². The van der Waals surface area contributed by atoms with Crippen LogP contribution in [0.1, 0.15) is 20.8 Å². The molecule has 4 rings (SSSR count). The monoisotopic (exact) mass is 414 g/mol. The van der Waals surface area contributed by atoms with Crippen molar-refractivity contribution in [2.75, 3.05) is 12.8 Å². The van der Waals surface area contributed by atoms with Crippen LogP contribution < -0.4 is 11.3 Å². The third-order valence-corrected chi connectivity index (χ3v) is 6.13. The van der Waals surface area contributed by atoms with Crippen LogP contribution in [0.25, 0.3) is 21.6 Å². The smallest absolute Gasteiger partial charge is 0.350 e. The minimum atomic E-state index is -0.361. The zero-order valence-electron chi connectivity index (χ0n) is 15.5. The third kappa shape index (κ3) is 3.95. The summed E-state index contributed by atoms with van der Waals surface area (Å²) in [5.74, 6) is 0.229. The molecule has 0 amide bonds. The lowest BCUT2D eigenvalue weighted by Crippen LogP contribution is -2.07. The molecular formula is C19H18N4O3S2. The summed E-state index contributed by atoms with van der Waals surface area (Å²) < 4.78 is 5.20. The van der Waals surface area contributed by atoms with E-state index in [1.165, 1.54) is 29.8 Å². The van der Waals surface area contributed by atoms with Crippen LogP contribution in [0.4, 0.5) is 5.69 Å². The number of thiophene rings is 2. The van der Waals surface area contributed by atoms with E-state index < -0.39 is 0 Å². The number of ether oxygens (including phenoxy) is 1. The van der Waals surface area contributed by atoms with Crippen molar-refractivity contribution in [3.8, 4) is 11.4 Å². The number of aromatic nitrogens is 3. The molecule has 0 unspecified atom stereocenters. The number of fused-ring (bicyclic) bond motifs is 1. The van der Waals surface area contributed by atoms with E-state index in [-0.39, 0.29) is 11.5 Å². The van der Waals surface area contributed by atoms with Gasteiger partial charge >= 0.3 is 5.97 Å². The molecule has 4 aromatic heterocycles. The van der Waals surface area contributed by atoms with E-state index in [0.717, 1.165) is 22.2 Å². The van der Waals surface area contributed by atoms with Gasteiger partial charge in [-0.2, -0.15) is 0 Å². The maximum Gasteiger partial charge on any atom is 0.350 e. The minimum Gasteiger partial charge on any atom is -0.465 e. The van der Waals surface area contributed by atoms with Gasteiger partial charge in [-0.1, -0.05) is 0 Å². The van der Waals surface area contributed by atoms with Gasteiger partial charge in [-0.3, -0.25) is 9.78 Å². The summed E-state index contributed by atoms with van der Waals surface area (Å²) >= 11 is 2.74. The first-order valence-electron chi connectivity index (χ1n) is 8.22. The number of aryl methyl sites for hydroxylation is 2. The highest BCUT2D eigenvalue weighted by atomic mass is 32.1. The maximum absolute atomic E-state index is 11.9. The van der Waals surface area contributed by atoms with Crippen LogP contribution in [-0.2, 0) is 4.74 Å². The van der Waals surface area contributed by atoms with E-state index in [9.17, 15) is 9.59 Å². The van der Waals surface area contributed by atoms with E-state index in [0.29, 0.717) is 21.1 Å². The van der Waals surface area contributed by atoms with E-state index in [4.69, 9.17) is 5.73 Å². The molecule has 3 N–H and O–H groups in total.